The van der Waals surface area contributed by atoms with Gasteiger partial charge in [-0.15, -0.1) is 0 Å². The van der Waals surface area contributed by atoms with Crippen LogP contribution in [-0.4, -0.2) is 12.6 Å². The number of hydrogen-bond acceptors (Lipinski definition) is 3. The maximum absolute atomic E-state index is 11.3. The van der Waals surface area contributed by atoms with Gasteiger partial charge in [-0.05, 0) is 32.3 Å². The molecule has 0 fully saturated rings. The molecule has 0 N–H and O–H groups in total. The zero-order chi connectivity index (χ0) is 11.7. The molecule has 0 saturated carbocycles. The lowest BCUT2D eigenvalue weighted by atomic mass is 10.0. The second kappa shape index (κ2) is 8.05. The van der Waals surface area contributed by atoms with E-state index in [1.54, 1.807) is 6.92 Å². The van der Waals surface area contributed by atoms with Crippen LogP contribution >= 0.6 is 0 Å². The molecule has 0 spiro atoms. The Balaban J connectivity index is 4.40. The Hall–Kier alpha value is -1.30. The van der Waals surface area contributed by atoms with Crippen molar-refractivity contribution in [2.75, 3.05) is 6.61 Å². The number of rotatable bonds is 6. The highest BCUT2D eigenvalue weighted by Gasteiger charge is 2.12. The van der Waals surface area contributed by atoms with Crippen molar-refractivity contribution in [1.29, 1.82) is 5.26 Å². The third kappa shape index (κ3) is 5.21. The summed E-state index contributed by atoms with van der Waals surface area (Å²) in [6.07, 6.45) is 4.08. The van der Waals surface area contributed by atoms with Crippen LogP contribution in [0, 0.1) is 11.3 Å². The molecule has 3 nitrogen and oxygen atoms in total. The molecule has 0 aromatic rings. The summed E-state index contributed by atoms with van der Waals surface area (Å²) in [5, 5.41) is 8.84. The predicted molar refractivity (Wildman–Crippen MR) is 59.1 cm³/mol. The minimum atomic E-state index is -0.492. The minimum Gasteiger partial charge on any atom is -0.462 e. The van der Waals surface area contributed by atoms with Gasteiger partial charge in [-0.2, -0.15) is 5.26 Å². The number of carbonyl (C=O) groups excluding carboxylic acids is 1. The molecule has 0 amide bonds. The van der Waals surface area contributed by atoms with Gasteiger partial charge in [0.2, 0.25) is 0 Å². The molecule has 0 aromatic heterocycles. The van der Waals surface area contributed by atoms with Crippen LogP contribution in [0.25, 0.3) is 0 Å². The van der Waals surface area contributed by atoms with Crippen molar-refractivity contribution in [3.8, 4) is 6.07 Å². The van der Waals surface area contributed by atoms with Gasteiger partial charge in [0, 0.05) is 0 Å². The van der Waals surface area contributed by atoms with Gasteiger partial charge in [-0.3, -0.25) is 0 Å². The highest BCUT2D eigenvalue weighted by Crippen LogP contribution is 2.13. The molecule has 15 heavy (non-hydrogen) atoms. The summed E-state index contributed by atoms with van der Waals surface area (Å²) in [4.78, 5) is 11.3. The smallest absolute Gasteiger partial charge is 0.348 e. The molecule has 3 heteroatoms. The van der Waals surface area contributed by atoms with Gasteiger partial charge in [-0.1, -0.05) is 19.8 Å². The molecule has 84 valence electrons. The molecular formula is C12H19NO2. The van der Waals surface area contributed by atoms with Gasteiger partial charge in [0.25, 0.3) is 0 Å². The van der Waals surface area contributed by atoms with E-state index >= 15 is 0 Å². The van der Waals surface area contributed by atoms with Gasteiger partial charge in [0.15, 0.2) is 0 Å². The fourth-order valence-corrected chi connectivity index (χ4v) is 1.28. The van der Waals surface area contributed by atoms with Gasteiger partial charge in [-0.25, -0.2) is 4.79 Å². The number of hydrogen-bond donors (Lipinski definition) is 0. The second-order valence-electron chi connectivity index (χ2n) is 3.44. The van der Waals surface area contributed by atoms with Crippen molar-refractivity contribution in [2.24, 2.45) is 0 Å². The Morgan fingerprint density at radius 1 is 1.33 bits per heavy atom. The summed E-state index contributed by atoms with van der Waals surface area (Å²) in [5.74, 6) is -0.492. The summed E-state index contributed by atoms with van der Waals surface area (Å²) >= 11 is 0. The first-order valence-corrected chi connectivity index (χ1v) is 5.44. The van der Waals surface area contributed by atoms with E-state index in [-0.39, 0.29) is 5.57 Å². The summed E-state index contributed by atoms with van der Waals surface area (Å²) < 4.78 is 4.80. The predicted octanol–water partition coefficient (Wildman–Crippen LogP) is 2.97. The van der Waals surface area contributed by atoms with Gasteiger partial charge in [0.1, 0.15) is 11.6 Å². The number of nitriles is 1. The highest BCUT2D eigenvalue weighted by atomic mass is 16.5. The molecule has 0 heterocycles. The van der Waals surface area contributed by atoms with Crippen molar-refractivity contribution in [1.82, 2.24) is 0 Å². The van der Waals surface area contributed by atoms with Crippen molar-refractivity contribution in [2.45, 2.75) is 46.5 Å². The quantitative estimate of drug-likeness (QED) is 0.292. The Bertz CT molecular complexity index is 274. The van der Waals surface area contributed by atoms with E-state index in [2.05, 4.69) is 6.92 Å². The van der Waals surface area contributed by atoms with E-state index in [1.807, 2.05) is 13.0 Å². The van der Waals surface area contributed by atoms with Gasteiger partial charge >= 0.3 is 5.97 Å². The summed E-state index contributed by atoms with van der Waals surface area (Å²) in [5.41, 5.74) is 1.01. The standard InChI is InChI=1S/C12H19NO2/c1-4-6-7-8-10(3)11(9-13)12(14)15-5-2/h4-8H2,1-3H3/b11-10+. The molecular weight excluding hydrogens is 190 g/mol. The minimum absolute atomic E-state index is 0.174. The van der Waals surface area contributed by atoms with Gasteiger partial charge in [0.05, 0.1) is 6.61 Å². The van der Waals surface area contributed by atoms with E-state index in [9.17, 15) is 4.79 Å². The summed E-state index contributed by atoms with van der Waals surface area (Å²) in [6.45, 7) is 5.99. The lowest BCUT2D eigenvalue weighted by molar-refractivity contribution is -0.138. The van der Waals surface area contributed by atoms with Crippen molar-refractivity contribution in [3.63, 3.8) is 0 Å². The van der Waals surface area contributed by atoms with E-state index in [1.165, 1.54) is 0 Å². The summed E-state index contributed by atoms with van der Waals surface area (Å²) in [6, 6.07) is 1.92. The van der Waals surface area contributed by atoms with E-state index < -0.39 is 5.97 Å². The molecule has 0 aliphatic heterocycles. The van der Waals surface area contributed by atoms with Crippen molar-refractivity contribution >= 4 is 5.97 Å². The Kier molecular flexibility index (Phi) is 7.35. The van der Waals surface area contributed by atoms with Crippen LogP contribution in [0.2, 0.25) is 0 Å². The Morgan fingerprint density at radius 2 is 2.00 bits per heavy atom. The van der Waals surface area contributed by atoms with Crippen LogP contribution in [0.4, 0.5) is 0 Å². The van der Waals surface area contributed by atoms with E-state index in [0.29, 0.717) is 6.61 Å². The second-order valence-corrected chi connectivity index (χ2v) is 3.44. The van der Waals surface area contributed by atoms with Crippen LogP contribution in [0.15, 0.2) is 11.1 Å². The zero-order valence-electron chi connectivity index (χ0n) is 9.80. The summed E-state index contributed by atoms with van der Waals surface area (Å²) in [7, 11) is 0. The van der Waals surface area contributed by atoms with Crippen LogP contribution in [0.3, 0.4) is 0 Å². The van der Waals surface area contributed by atoms with Crippen molar-refractivity contribution < 1.29 is 9.53 Å². The molecule has 0 aliphatic rings. The normalized spacial score (nSPS) is 11.6. The number of esters is 1. The van der Waals surface area contributed by atoms with Crippen LogP contribution in [0.5, 0.6) is 0 Å². The molecule has 0 atom stereocenters. The molecule has 0 saturated heterocycles. The van der Waals surface area contributed by atoms with Gasteiger partial charge < -0.3 is 4.74 Å². The van der Waals surface area contributed by atoms with E-state index in [0.717, 1.165) is 31.3 Å². The largest absolute Gasteiger partial charge is 0.462 e. The number of nitrogens with zero attached hydrogens (tertiary/aromatic N) is 1. The average molecular weight is 209 g/mol. The SMILES string of the molecule is CCCCC/C(C)=C(\C#N)C(=O)OCC. The maximum Gasteiger partial charge on any atom is 0.348 e. The maximum atomic E-state index is 11.3. The number of unbranched alkanes of at least 4 members (excludes halogenated alkanes) is 2. The molecule has 0 radical (unpaired) electrons. The number of allylic oxidation sites excluding steroid dienone is 1. The molecule has 0 aromatic carbocycles. The number of ether oxygens (including phenoxy) is 1. The van der Waals surface area contributed by atoms with Crippen molar-refractivity contribution in [3.05, 3.63) is 11.1 Å². The fourth-order valence-electron chi connectivity index (χ4n) is 1.28. The lowest BCUT2D eigenvalue weighted by Crippen LogP contribution is -2.08. The monoisotopic (exact) mass is 209 g/mol. The number of carbonyl (C=O) groups is 1. The van der Waals surface area contributed by atoms with Crippen LogP contribution in [-0.2, 0) is 9.53 Å². The first-order valence-electron chi connectivity index (χ1n) is 5.44. The molecule has 0 bridgehead atoms. The molecule has 0 aliphatic carbocycles. The fraction of sp³-hybridized carbons (Fsp3) is 0.667. The molecule has 0 unspecified atom stereocenters. The third-order valence-corrected chi connectivity index (χ3v) is 2.17. The Labute approximate surface area is 91.7 Å². The zero-order valence-corrected chi connectivity index (χ0v) is 9.80. The molecule has 0 rings (SSSR count). The first-order chi connectivity index (χ1) is 7.17. The average Bonchev–Trinajstić information content (AvgIpc) is 2.19. The lowest BCUT2D eigenvalue weighted by Gasteiger charge is -2.04. The first kappa shape index (κ1) is 13.7. The topological polar surface area (TPSA) is 50.1 Å². The third-order valence-electron chi connectivity index (χ3n) is 2.17. The van der Waals surface area contributed by atoms with E-state index in [4.69, 9.17) is 10.00 Å². The van der Waals surface area contributed by atoms with Crippen LogP contribution < -0.4 is 0 Å². The van der Waals surface area contributed by atoms with Crippen LogP contribution in [0.1, 0.15) is 46.5 Å². The Morgan fingerprint density at radius 3 is 2.47 bits per heavy atom. The highest BCUT2D eigenvalue weighted by molar-refractivity contribution is 5.93.